The Morgan fingerprint density at radius 2 is 2.03 bits per heavy atom. The Balaban J connectivity index is 1.39. The van der Waals surface area contributed by atoms with Crippen molar-refractivity contribution in [2.75, 3.05) is 29.9 Å². The van der Waals surface area contributed by atoms with Crippen LogP contribution in [0.25, 0.3) is 0 Å². The normalized spacial score (nSPS) is 14.9. The Morgan fingerprint density at radius 3 is 2.82 bits per heavy atom. The summed E-state index contributed by atoms with van der Waals surface area (Å²) in [6.07, 6.45) is 2.64. The molecule has 1 unspecified atom stereocenters. The van der Waals surface area contributed by atoms with E-state index >= 15 is 0 Å². The second-order valence-electron chi connectivity index (χ2n) is 8.21. The summed E-state index contributed by atoms with van der Waals surface area (Å²) in [6.45, 7) is 3.56. The van der Waals surface area contributed by atoms with Gasteiger partial charge in [-0.3, -0.25) is 4.79 Å². The zero-order valence-electron chi connectivity index (χ0n) is 19.2. The molecule has 0 saturated carbocycles. The Hall–Kier alpha value is -4.12. The topological polar surface area (TPSA) is 103 Å². The van der Waals surface area contributed by atoms with Crippen LogP contribution in [0.15, 0.2) is 60.7 Å². The van der Waals surface area contributed by atoms with Gasteiger partial charge < -0.3 is 20.3 Å². The van der Waals surface area contributed by atoms with Gasteiger partial charge in [-0.2, -0.15) is 10.2 Å². The number of hydrogen-bond acceptors (Lipinski definition) is 7. The largest absolute Gasteiger partial charge is 0.484 e. The van der Waals surface area contributed by atoms with Crippen LogP contribution in [0.3, 0.4) is 0 Å². The van der Waals surface area contributed by atoms with E-state index in [0.717, 1.165) is 43.0 Å². The average molecular weight is 457 g/mol. The number of anilines is 3. The lowest BCUT2D eigenvalue weighted by Crippen LogP contribution is -2.39. The van der Waals surface area contributed by atoms with Gasteiger partial charge in [0.1, 0.15) is 11.6 Å². The van der Waals surface area contributed by atoms with E-state index in [-0.39, 0.29) is 18.6 Å². The first-order valence-corrected chi connectivity index (χ1v) is 11.5. The number of hydrogen-bond donors (Lipinski definition) is 2. The summed E-state index contributed by atoms with van der Waals surface area (Å²) in [5, 5.41) is 15.4. The summed E-state index contributed by atoms with van der Waals surface area (Å²) in [7, 11) is 0. The van der Waals surface area contributed by atoms with Crippen LogP contribution in [0.5, 0.6) is 5.75 Å². The Kier molecular flexibility index (Phi) is 7.56. The number of benzene rings is 2. The highest BCUT2D eigenvalue weighted by molar-refractivity contribution is 5.78. The van der Waals surface area contributed by atoms with E-state index < -0.39 is 0 Å². The van der Waals surface area contributed by atoms with Gasteiger partial charge >= 0.3 is 0 Å². The monoisotopic (exact) mass is 456 g/mol. The maximum atomic E-state index is 12.4. The molecule has 0 aliphatic carbocycles. The molecule has 8 nitrogen and oxygen atoms in total. The van der Waals surface area contributed by atoms with E-state index in [9.17, 15) is 4.79 Å². The van der Waals surface area contributed by atoms with E-state index in [0.29, 0.717) is 23.8 Å². The minimum atomic E-state index is -0.134. The first kappa shape index (κ1) is 23.1. The summed E-state index contributed by atoms with van der Waals surface area (Å²) in [5.41, 5.74) is 2.29. The van der Waals surface area contributed by atoms with Gasteiger partial charge in [-0.1, -0.05) is 37.6 Å². The van der Waals surface area contributed by atoms with E-state index in [4.69, 9.17) is 15.0 Å². The molecule has 0 spiro atoms. The van der Waals surface area contributed by atoms with Crippen LogP contribution in [0.4, 0.5) is 17.5 Å². The summed E-state index contributed by atoms with van der Waals surface area (Å²) < 4.78 is 5.55. The molecule has 174 valence electrons. The third-order valence-corrected chi connectivity index (χ3v) is 5.51. The lowest BCUT2D eigenvalue weighted by molar-refractivity contribution is -0.123. The molecule has 2 aromatic carbocycles. The van der Waals surface area contributed by atoms with Crippen molar-refractivity contribution in [3.8, 4) is 11.8 Å². The number of aromatic nitrogens is 2. The number of aryl methyl sites for hydroxylation is 1. The van der Waals surface area contributed by atoms with Crippen molar-refractivity contribution < 1.29 is 9.53 Å². The Morgan fingerprint density at radius 1 is 1.18 bits per heavy atom. The van der Waals surface area contributed by atoms with Crippen LogP contribution in [0.1, 0.15) is 31.0 Å². The predicted octanol–water partition coefficient (Wildman–Crippen LogP) is 3.82. The fourth-order valence-electron chi connectivity index (χ4n) is 3.90. The molecule has 1 atom stereocenters. The maximum Gasteiger partial charge on any atom is 0.258 e. The molecule has 2 heterocycles. The smallest absolute Gasteiger partial charge is 0.258 e. The Bertz CT molecular complexity index is 1160. The molecule has 1 amide bonds. The van der Waals surface area contributed by atoms with Crippen LogP contribution >= 0.6 is 0 Å². The van der Waals surface area contributed by atoms with Gasteiger partial charge in [-0.25, -0.2) is 4.98 Å². The van der Waals surface area contributed by atoms with Crippen molar-refractivity contribution in [3.05, 3.63) is 71.9 Å². The van der Waals surface area contributed by atoms with E-state index in [2.05, 4.69) is 33.5 Å². The Labute approximate surface area is 199 Å². The summed E-state index contributed by atoms with van der Waals surface area (Å²) in [6, 6.07) is 20.7. The van der Waals surface area contributed by atoms with Gasteiger partial charge in [0.25, 0.3) is 5.91 Å². The van der Waals surface area contributed by atoms with Crippen LogP contribution < -0.4 is 20.3 Å². The molecule has 0 radical (unpaired) electrons. The van der Waals surface area contributed by atoms with Gasteiger partial charge in [0, 0.05) is 36.6 Å². The van der Waals surface area contributed by atoms with Crippen molar-refractivity contribution in [3.63, 3.8) is 0 Å². The van der Waals surface area contributed by atoms with Crippen LogP contribution in [0, 0.1) is 11.3 Å². The quantitative estimate of drug-likeness (QED) is 0.504. The lowest BCUT2D eigenvalue weighted by Gasteiger charge is -2.20. The zero-order chi connectivity index (χ0) is 23.8. The fourth-order valence-corrected chi connectivity index (χ4v) is 3.90. The van der Waals surface area contributed by atoms with E-state index in [1.54, 1.807) is 12.1 Å². The highest BCUT2D eigenvalue weighted by Crippen LogP contribution is 2.23. The van der Waals surface area contributed by atoms with Gasteiger partial charge in [0.2, 0.25) is 5.95 Å². The number of nitrogens with one attached hydrogen (secondary N) is 2. The molecule has 4 rings (SSSR count). The van der Waals surface area contributed by atoms with Crippen LogP contribution in [-0.2, 0) is 11.2 Å². The number of rotatable bonds is 9. The number of ether oxygens (including phenoxy) is 1. The predicted molar refractivity (Wildman–Crippen MR) is 131 cm³/mol. The maximum absolute atomic E-state index is 12.4. The second-order valence-corrected chi connectivity index (χ2v) is 8.21. The molecule has 3 aromatic rings. The molecule has 8 heteroatoms. The highest BCUT2D eigenvalue weighted by atomic mass is 16.5. The fraction of sp³-hybridized carbons (Fsp3) is 0.308. The molecule has 1 saturated heterocycles. The van der Waals surface area contributed by atoms with E-state index in [1.807, 2.05) is 48.5 Å². The minimum Gasteiger partial charge on any atom is -0.484 e. The zero-order valence-corrected chi connectivity index (χ0v) is 19.2. The first-order valence-electron chi connectivity index (χ1n) is 11.5. The minimum absolute atomic E-state index is 0.00943. The highest BCUT2D eigenvalue weighted by Gasteiger charge is 2.25. The number of carbonyl (C=O) groups is 1. The van der Waals surface area contributed by atoms with Crippen molar-refractivity contribution in [2.24, 2.45) is 0 Å². The molecular weight excluding hydrogens is 428 g/mol. The molecule has 1 aliphatic rings. The third kappa shape index (κ3) is 6.23. The second kappa shape index (κ2) is 11.1. The van der Waals surface area contributed by atoms with Crippen molar-refractivity contribution in [1.82, 2.24) is 15.3 Å². The van der Waals surface area contributed by atoms with Crippen molar-refractivity contribution in [1.29, 1.82) is 5.26 Å². The van der Waals surface area contributed by atoms with Gasteiger partial charge in [0.05, 0.1) is 11.6 Å². The average Bonchev–Trinajstić information content (AvgIpc) is 3.32. The number of nitriles is 1. The van der Waals surface area contributed by atoms with Crippen LogP contribution in [0.2, 0.25) is 0 Å². The summed E-state index contributed by atoms with van der Waals surface area (Å²) >= 11 is 0. The molecule has 0 bridgehead atoms. The molecule has 1 aliphatic heterocycles. The van der Waals surface area contributed by atoms with Crippen molar-refractivity contribution >= 4 is 23.4 Å². The molecular formula is C26H28N6O2. The van der Waals surface area contributed by atoms with Gasteiger partial charge in [-0.15, -0.1) is 0 Å². The van der Waals surface area contributed by atoms with Crippen LogP contribution in [-0.4, -0.2) is 41.6 Å². The first-order chi connectivity index (χ1) is 16.6. The number of nitrogens with zero attached hydrogens (tertiary/aromatic N) is 4. The number of carbonyl (C=O) groups excluding carboxylic acids is 1. The summed E-state index contributed by atoms with van der Waals surface area (Å²) in [5.74, 6) is 1.87. The van der Waals surface area contributed by atoms with Gasteiger partial charge in [0.15, 0.2) is 6.61 Å². The SMILES string of the molecule is CCCc1cc(N2CCC(NC(=O)COc3ccccc3)C2)nc(Nc2cccc(C#N)c2)n1. The lowest BCUT2D eigenvalue weighted by atomic mass is 10.2. The molecule has 2 N–H and O–H groups in total. The number of para-hydroxylation sites is 1. The molecule has 1 aromatic heterocycles. The molecule has 1 fully saturated rings. The standard InChI is InChI=1S/C26H28N6O2/c1-2-7-20-15-24(31-26(29-20)30-21-9-6-8-19(14-21)16-27)32-13-12-22(17-32)28-25(33)18-34-23-10-4-3-5-11-23/h3-6,8-11,14-15,22H,2,7,12-13,17-18H2,1H3,(H,28,33)(H,29,30,31). The third-order valence-electron chi connectivity index (χ3n) is 5.51. The van der Waals surface area contributed by atoms with Crippen molar-refractivity contribution in [2.45, 2.75) is 32.2 Å². The summed E-state index contributed by atoms with van der Waals surface area (Å²) in [4.78, 5) is 23.9. The number of amides is 1. The van der Waals surface area contributed by atoms with Gasteiger partial charge in [-0.05, 0) is 43.2 Å². The van der Waals surface area contributed by atoms with E-state index in [1.165, 1.54) is 0 Å². The molecule has 34 heavy (non-hydrogen) atoms.